The Hall–Kier alpha value is -0.770. The van der Waals surface area contributed by atoms with Gasteiger partial charge in [0.15, 0.2) is 0 Å². The first-order valence-corrected chi connectivity index (χ1v) is 12.2. The number of nitrogens with zero attached hydrogens (tertiary/aromatic N) is 2. The van der Waals surface area contributed by atoms with Crippen LogP contribution in [0.15, 0.2) is 18.2 Å². The van der Waals surface area contributed by atoms with E-state index in [-0.39, 0.29) is 5.92 Å². The number of benzene rings is 1. The van der Waals surface area contributed by atoms with E-state index < -0.39 is 0 Å². The molecule has 2 atom stereocenters. The Balaban J connectivity index is 2.04. The predicted molar refractivity (Wildman–Crippen MR) is 125 cm³/mol. The fourth-order valence-corrected chi connectivity index (χ4v) is 4.61. The lowest BCUT2D eigenvalue weighted by atomic mass is 9.97. The highest BCUT2D eigenvalue weighted by molar-refractivity contribution is 6.42. The maximum Gasteiger partial charge on any atom is 0.225 e. The highest BCUT2D eigenvalue weighted by Gasteiger charge is 2.24. The van der Waals surface area contributed by atoms with E-state index in [4.69, 9.17) is 23.2 Å². The molecule has 0 bridgehead atoms. The maximum atomic E-state index is 13.3. The number of amides is 1. The molecule has 1 amide bonds. The normalized spacial score (nSPS) is 18.6. The average molecular weight is 441 g/mol. The zero-order valence-corrected chi connectivity index (χ0v) is 19.9. The van der Waals surface area contributed by atoms with Crippen LogP contribution in [0.2, 0.25) is 10.0 Å². The van der Waals surface area contributed by atoms with Crippen LogP contribution in [0.4, 0.5) is 0 Å². The van der Waals surface area contributed by atoms with Crippen molar-refractivity contribution in [3.63, 3.8) is 0 Å². The molecule has 0 radical (unpaired) electrons. The second-order valence-corrected chi connectivity index (χ2v) is 9.30. The molecule has 1 saturated heterocycles. The summed E-state index contributed by atoms with van der Waals surface area (Å²) in [7, 11) is 0. The quantitative estimate of drug-likeness (QED) is 0.377. The largest absolute Gasteiger partial charge is 0.338 e. The number of piperidine rings is 1. The van der Waals surface area contributed by atoms with E-state index in [1.807, 2.05) is 18.2 Å². The first kappa shape index (κ1) is 24.5. The van der Waals surface area contributed by atoms with Crippen LogP contribution in [0.3, 0.4) is 0 Å². The first-order valence-electron chi connectivity index (χ1n) is 11.4. The van der Waals surface area contributed by atoms with Crippen LogP contribution < -0.4 is 0 Å². The number of likely N-dealkylation sites (tertiary alicyclic amines) is 1. The maximum absolute atomic E-state index is 13.3. The molecule has 29 heavy (non-hydrogen) atoms. The Labute approximate surface area is 187 Å². The Bertz CT molecular complexity index is 637. The van der Waals surface area contributed by atoms with Crippen LogP contribution in [0.1, 0.15) is 77.7 Å². The van der Waals surface area contributed by atoms with Crippen molar-refractivity contribution in [3.8, 4) is 0 Å². The fourth-order valence-electron chi connectivity index (χ4n) is 4.29. The lowest BCUT2D eigenvalue weighted by Gasteiger charge is -2.34. The number of carbonyl (C=O) groups excluding carboxylic acids is 1. The van der Waals surface area contributed by atoms with Crippen molar-refractivity contribution in [2.24, 2.45) is 5.92 Å². The summed E-state index contributed by atoms with van der Waals surface area (Å²) >= 11 is 12.3. The van der Waals surface area contributed by atoms with E-state index in [1.54, 1.807) is 0 Å². The summed E-state index contributed by atoms with van der Waals surface area (Å²) in [6, 6.07) is 6.36. The molecule has 1 aliphatic rings. The average Bonchev–Trinajstić information content (AvgIpc) is 2.71. The second-order valence-electron chi connectivity index (χ2n) is 8.49. The molecule has 1 fully saturated rings. The number of unbranched alkanes of at least 4 members (excludes halogenated alkanes) is 1. The summed E-state index contributed by atoms with van der Waals surface area (Å²) in [5.74, 6) is 0.408. The van der Waals surface area contributed by atoms with Gasteiger partial charge >= 0.3 is 0 Å². The lowest BCUT2D eigenvalue weighted by molar-refractivity contribution is -0.136. The van der Waals surface area contributed by atoms with E-state index in [0.717, 1.165) is 50.8 Å². The number of halogens is 2. The van der Waals surface area contributed by atoms with Gasteiger partial charge in [0.2, 0.25) is 5.91 Å². The smallest absolute Gasteiger partial charge is 0.225 e. The molecule has 0 spiro atoms. The van der Waals surface area contributed by atoms with Gasteiger partial charge in [0.25, 0.3) is 0 Å². The van der Waals surface area contributed by atoms with Crippen molar-refractivity contribution in [2.45, 2.75) is 84.7 Å². The van der Waals surface area contributed by atoms with Crippen LogP contribution in [0.5, 0.6) is 0 Å². The Morgan fingerprint density at radius 2 is 2.00 bits per heavy atom. The topological polar surface area (TPSA) is 23.6 Å². The first-order chi connectivity index (χ1) is 14.0. The summed E-state index contributed by atoms with van der Waals surface area (Å²) in [5.41, 5.74) is 1.05. The van der Waals surface area contributed by atoms with Crippen molar-refractivity contribution < 1.29 is 4.79 Å². The number of rotatable bonds is 11. The fraction of sp³-hybridized carbons (Fsp3) is 0.708. The minimum atomic E-state index is 0.117. The molecule has 2 rings (SSSR count). The van der Waals surface area contributed by atoms with Crippen molar-refractivity contribution in [2.75, 3.05) is 19.6 Å². The molecule has 164 valence electrons. The van der Waals surface area contributed by atoms with Gasteiger partial charge in [-0.25, -0.2) is 0 Å². The van der Waals surface area contributed by atoms with Crippen LogP contribution in [-0.2, 0) is 11.3 Å². The summed E-state index contributed by atoms with van der Waals surface area (Å²) in [5, 5.41) is 1.11. The van der Waals surface area contributed by atoms with Crippen molar-refractivity contribution in [1.82, 2.24) is 9.80 Å². The van der Waals surface area contributed by atoms with Gasteiger partial charge in [0, 0.05) is 31.6 Å². The zero-order chi connectivity index (χ0) is 21.2. The van der Waals surface area contributed by atoms with Gasteiger partial charge in [-0.05, 0) is 63.3 Å². The molecule has 5 heteroatoms. The van der Waals surface area contributed by atoms with Crippen LogP contribution >= 0.6 is 23.2 Å². The molecule has 2 unspecified atom stereocenters. The standard InChI is InChI=1S/C24H38Cl2N2O/c1-4-6-11-21(5-2)24(29)28(18-20-12-13-22(25)23(26)17-20)16-9-15-27-14-8-7-10-19(27)3/h12-13,17,19,21H,4-11,14-16,18H2,1-3H3. The van der Waals surface area contributed by atoms with E-state index in [2.05, 4.69) is 30.6 Å². The molecule has 0 aliphatic carbocycles. The molecule has 1 heterocycles. The van der Waals surface area contributed by atoms with Crippen molar-refractivity contribution >= 4 is 29.1 Å². The number of hydrogen-bond donors (Lipinski definition) is 0. The molecule has 1 aromatic rings. The minimum absolute atomic E-state index is 0.117. The van der Waals surface area contributed by atoms with Gasteiger partial charge in [0.1, 0.15) is 0 Å². The zero-order valence-electron chi connectivity index (χ0n) is 18.4. The number of carbonyl (C=O) groups is 1. The van der Waals surface area contributed by atoms with Gasteiger partial charge in [-0.2, -0.15) is 0 Å². The summed E-state index contributed by atoms with van der Waals surface area (Å²) in [6.45, 7) is 10.3. The van der Waals surface area contributed by atoms with E-state index >= 15 is 0 Å². The molecule has 0 aromatic heterocycles. The van der Waals surface area contributed by atoms with Crippen LogP contribution in [-0.4, -0.2) is 41.4 Å². The Morgan fingerprint density at radius 1 is 1.21 bits per heavy atom. The third-order valence-corrected chi connectivity index (χ3v) is 6.97. The highest BCUT2D eigenvalue weighted by Crippen LogP contribution is 2.25. The third kappa shape index (κ3) is 7.77. The Kier molecular flexibility index (Phi) is 10.8. The lowest BCUT2D eigenvalue weighted by Crippen LogP contribution is -2.41. The molecule has 3 nitrogen and oxygen atoms in total. The monoisotopic (exact) mass is 440 g/mol. The highest BCUT2D eigenvalue weighted by atomic mass is 35.5. The predicted octanol–water partition coefficient (Wildman–Crippen LogP) is 6.80. The van der Waals surface area contributed by atoms with Gasteiger partial charge in [-0.1, -0.05) is 62.4 Å². The number of hydrogen-bond acceptors (Lipinski definition) is 2. The van der Waals surface area contributed by atoms with E-state index in [1.165, 1.54) is 25.8 Å². The van der Waals surface area contributed by atoms with Crippen molar-refractivity contribution in [3.05, 3.63) is 33.8 Å². The van der Waals surface area contributed by atoms with Gasteiger partial charge in [-0.3, -0.25) is 4.79 Å². The summed E-state index contributed by atoms with van der Waals surface area (Å²) in [6.07, 6.45) is 9.06. The minimum Gasteiger partial charge on any atom is -0.338 e. The molecular weight excluding hydrogens is 403 g/mol. The molecule has 0 N–H and O–H groups in total. The third-order valence-electron chi connectivity index (χ3n) is 6.23. The van der Waals surface area contributed by atoms with Crippen molar-refractivity contribution in [1.29, 1.82) is 0 Å². The van der Waals surface area contributed by atoms with Crippen LogP contribution in [0, 0.1) is 5.92 Å². The van der Waals surface area contributed by atoms with Gasteiger partial charge in [-0.15, -0.1) is 0 Å². The summed E-state index contributed by atoms with van der Waals surface area (Å²) < 4.78 is 0. The van der Waals surface area contributed by atoms with E-state index in [9.17, 15) is 4.79 Å². The molecule has 1 aromatic carbocycles. The molecule has 1 aliphatic heterocycles. The molecular formula is C24H38Cl2N2O. The van der Waals surface area contributed by atoms with Gasteiger partial charge < -0.3 is 9.80 Å². The summed E-state index contributed by atoms with van der Waals surface area (Å²) in [4.78, 5) is 18.0. The van der Waals surface area contributed by atoms with E-state index in [0.29, 0.717) is 28.5 Å². The SMILES string of the molecule is CCCCC(CC)C(=O)N(CCCN1CCCCC1C)Cc1ccc(Cl)c(Cl)c1. The Morgan fingerprint density at radius 3 is 2.66 bits per heavy atom. The molecule has 0 saturated carbocycles. The van der Waals surface area contributed by atoms with Gasteiger partial charge in [0.05, 0.1) is 10.0 Å². The van der Waals surface area contributed by atoms with Crippen LogP contribution in [0.25, 0.3) is 0 Å². The second kappa shape index (κ2) is 12.8.